The van der Waals surface area contributed by atoms with Gasteiger partial charge in [-0.2, -0.15) is 0 Å². The van der Waals surface area contributed by atoms with Crippen molar-refractivity contribution in [1.29, 1.82) is 0 Å². The Hall–Kier alpha value is -2.44. The molecule has 1 aromatic carbocycles. The second kappa shape index (κ2) is 8.60. The Bertz CT molecular complexity index is 730. The van der Waals surface area contributed by atoms with Crippen LogP contribution in [-0.4, -0.2) is 49.2 Å². The van der Waals surface area contributed by atoms with Crippen LogP contribution in [0.5, 0.6) is 5.75 Å². The molecular weight excluding hydrogens is 324 g/mol. The van der Waals surface area contributed by atoms with Gasteiger partial charge in [0.05, 0.1) is 26.4 Å². The summed E-state index contributed by atoms with van der Waals surface area (Å²) in [4.78, 5) is 25.1. The zero-order valence-electron chi connectivity index (χ0n) is 14.4. The van der Waals surface area contributed by atoms with E-state index in [1.165, 1.54) is 20.3 Å². The molecule has 1 aliphatic carbocycles. The predicted octanol–water partition coefficient (Wildman–Crippen LogP) is 1.62. The van der Waals surface area contributed by atoms with Crippen molar-refractivity contribution in [3.05, 3.63) is 52.3 Å². The van der Waals surface area contributed by atoms with Crippen LogP contribution < -0.4 is 4.74 Å². The number of aliphatic hydroxyl groups is 2. The highest BCUT2D eigenvalue weighted by molar-refractivity contribution is 6.25. The number of rotatable bonds is 8. The van der Waals surface area contributed by atoms with E-state index in [-0.39, 0.29) is 41.7 Å². The average Bonchev–Trinajstić information content (AvgIpc) is 2.62. The monoisotopic (exact) mass is 346 g/mol. The molecule has 0 atom stereocenters. The fourth-order valence-corrected chi connectivity index (χ4v) is 2.94. The second-order valence-corrected chi connectivity index (χ2v) is 5.56. The molecule has 2 N–H and O–H groups in total. The van der Waals surface area contributed by atoms with Crippen LogP contribution in [0.25, 0.3) is 0 Å². The van der Waals surface area contributed by atoms with Gasteiger partial charge < -0.3 is 19.7 Å². The number of fused-ring (bicyclic) bond motifs is 1. The van der Waals surface area contributed by atoms with Crippen molar-refractivity contribution in [2.45, 2.75) is 19.3 Å². The molecule has 0 amide bonds. The van der Waals surface area contributed by atoms with Crippen molar-refractivity contribution in [3.8, 4) is 5.75 Å². The van der Waals surface area contributed by atoms with Crippen LogP contribution in [0.4, 0.5) is 0 Å². The van der Waals surface area contributed by atoms with Crippen molar-refractivity contribution in [2.24, 2.45) is 0 Å². The smallest absolute Gasteiger partial charge is 0.228 e. The first-order valence-corrected chi connectivity index (χ1v) is 8.03. The van der Waals surface area contributed by atoms with Gasteiger partial charge in [-0.3, -0.25) is 9.59 Å². The maximum Gasteiger partial charge on any atom is 0.228 e. The van der Waals surface area contributed by atoms with E-state index in [0.717, 1.165) is 11.1 Å². The number of ketones is 2. The Labute approximate surface area is 146 Å². The molecule has 0 bridgehead atoms. The third kappa shape index (κ3) is 3.81. The summed E-state index contributed by atoms with van der Waals surface area (Å²) in [6, 6.07) is 1.68. The Morgan fingerprint density at radius 3 is 2.48 bits per heavy atom. The highest BCUT2D eigenvalue weighted by Gasteiger charge is 2.32. The summed E-state index contributed by atoms with van der Waals surface area (Å²) in [6.45, 7) is -0.0746. The number of carbonyl (C=O) groups is 2. The van der Waals surface area contributed by atoms with E-state index in [2.05, 4.69) is 0 Å². The Morgan fingerprint density at radius 2 is 1.88 bits per heavy atom. The quantitative estimate of drug-likeness (QED) is 0.695. The molecule has 0 heterocycles. The van der Waals surface area contributed by atoms with Gasteiger partial charge in [-0.25, -0.2) is 0 Å². The van der Waals surface area contributed by atoms with Gasteiger partial charge in [-0.15, -0.1) is 0 Å². The van der Waals surface area contributed by atoms with E-state index < -0.39 is 0 Å². The number of aliphatic hydroxyl groups excluding tert-OH is 2. The van der Waals surface area contributed by atoms with Crippen molar-refractivity contribution in [1.82, 2.24) is 0 Å². The largest absolute Gasteiger partial charge is 0.496 e. The molecule has 6 heteroatoms. The first-order chi connectivity index (χ1) is 12.1. The molecule has 0 aliphatic heterocycles. The maximum atomic E-state index is 12.6. The molecule has 0 spiro atoms. The standard InChI is InChI=1S/C19H22O6/c1-24-16-11-15(22)17-14(18(16)23)10-12(6-3-4-8-20)13(7-5-9-21)19(17)25-2/h3-4,10-11,20-21H,5-9H2,1-2H3/b4-3+. The van der Waals surface area contributed by atoms with Gasteiger partial charge in [0.2, 0.25) is 5.78 Å². The summed E-state index contributed by atoms with van der Waals surface area (Å²) >= 11 is 0. The number of ether oxygens (including phenoxy) is 2. The number of hydrogen-bond acceptors (Lipinski definition) is 6. The van der Waals surface area contributed by atoms with Crippen LogP contribution in [0, 0.1) is 0 Å². The molecule has 0 aromatic heterocycles. The highest BCUT2D eigenvalue weighted by Crippen LogP contribution is 2.36. The molecule has 134 valence electrons. The van der Waals surface area contributed by atoms with E-state index >= 15 is 0 Å². The second-order valence-electron chi connectivity index (χ2n) is 5.56. The summed E-state index contributed by atoms with van der Waals surface area (Å²) in [5.41, 5.74) is 2.08. The first-order valence-electron chi connectivity index (χ1n) is 8.03. The van der Waals surface area contributed by atoms with Gasteiger partial charge in [-0.1, -0.05) is 12.2 Å². The summed E-state index contributed by atoms with van der Waals surface area (Å²) in [5, 5.41) is 18.1. The van der Waals surface area contributed by atoms with Crippen LogP contribution in [0.15, 0.2) is 30.1 Å². The van der Waals surface area contributed by atoms with Gasteiger partial charge in [0.1, 0.15) is 5.75 Å². The lowest BCUT2D eigenvalue weighted by Gasteiger charge is -2.22. The molecule has 0 unspecified atom stereocenters. The first kappa shape index (κ1) is 18.9. The highest BCUT2D eigenvalue weighted by atomic mass is 16.5. The summed E-state index contributed by atoms with van der Waals surface area (Å²) in [5.74, 6) is -0.342. The fraction of sp³-hybridized carbons (Fsp3) is 0.368. The minimum absolute atomic E-state index is 0.000452. The Morgan fingerprint density at radius 1 is 1.12 bits per heavy atom. The van der Waals surface area contributed by atoms with Crippen LogP contribution in [0.2, 0.25) is 0 Å². The van der Waals surface area contributed by atoms with Crippen LogP contribution in [0.1, 0.15) is 38.3 Å². The topological polar surface area (TPSA) is 93.1 Å². The lowest BCUT2D eigenvalue weighted by Crippen LogP contribution is -2.21. The minimum Gasteiger partial charge on any atom is -0.496 e. The zero-order valence-corrected chi connectivity index (χ0v) is 14.4. The summed E-state index contributed by atoms with van der Waals surface area (Å²) in [7, 11) is 2.80. The molecule has 0 saturated carbocycles. The van der Waals surface area contributed by atoms with E-state index in [1.54, 1.807) is 18.2 Å². The third-order valence-electron chi connectivity index (χ3n) is 4.07. The van der Waals surface area contributed by atoms with E-state index in [9.17, 15) is 9.59 Å². The normalized spacial score (nSPS) is 13.8. The molecule has 1 aromatic rings. The van der Waals surface area contributed by atoms with E-state index in [0.29, 0.717) is 25.0 Å². The number of Topliss-reactive ketones (excluding diaryl/α,β-unsaturated/α-hetero) is 1. The SMILES string of the molecule is COC1=CC(=O)c2c(cc(C/C=C/CO)c(CCCO)c2OC)C1=O. The van der Waals surface area contributed by atoms with Gasteiger partial charge in [0.25, 0.3) is 0 Å². The van der Waals surface area contributed by atoms with Crippen molar-refractivity contribution in [2.75, 3.05) is 27.4 Å². The lowest BCUT2D eigenvalue weighted by atomic mass is 9.86. The van der Waals surface area contributed by atoms with Gasteiger partial charge in [0, 0.05) is 18.2 Å². The van der Waals surface area contributed by atoms with E-state index in [1.807, 2.05) is 0 Å². The van der Waals surface area contributed by atoms with Crippen LogP contribution in [0.3, 0.4) is 0 Å². The summed E-state index contributed by atoms with van der Waals surface area (Å²) in [6.07, 6.45) is 6.05. The molecule has 2 rings (SSSR count). The number of allylic oxidation sites excluding steroid dienone is 3. The molecule has 0 radical (unpaired) electrons. The van der Waals surface area contributed by atoms with Crippen molar-refractivity contribution in [3.63, 3.8) is 0 Å². The summed E-state index contributed by atoms with van der Waals surface area (Å²) < 4.78 is 10.5. The van der Waals surface area contributed by atoms with Gasteiger partial charge >= 0.3 is 0 Å². The number of hydrogen-bond donors (Lipinski definition) is 2. The number of benzene rings is 1. The third-order valence-corrected chi connectivity index (χ3v) is 4.07. The fourth-order valence-electron chi connectivity index (χ4n) is 2.94. The van der Waals surface area contributed by atoms with Crippen molar-refractivity contribution >= 4 is 11.6 Å². The molecule has 1 aliphatic rings. The molecule has 6 nitrogen and oxygen atoms in total. The Balaban J connectivity index is 2.65. The van der Waals surface area contributed by atoms with Crippen molar-refractivity contribution < 1.29 is 29.3 Å². The van der Waals surface area contributed by atoms with E-state index in [4.69, 9.17) is 19.7 Å². The zero-order chi connectivity index (χ0) is 18.4. The molecule has 25 heavy (non-hydrogen) atoms. The van der Waals surface area contributed by atoms with Crippen LogP contribution >= 0.6 is 0 Å². The maximum absolute atomic E-state index is 12.6. The number of methoxy groups -OCH3 is 2. The predicted molar refractivity (Wildman–Crippen MR) is 92.1 cm³/mol. The molecule has 0 saturated heterocycles. The van der Waals surface area contributed by atoms with Gasteiger partial charge in [0.15, 0.2) is 11.5 Å². The minimum atomic E-state index is -0.364. The lowest BCUT2D eigenvalue weighted by molar-refractivity contribution is 0.0914. The van der Waals surface area contributed by atoms with Gasteiger partial charge in [-0.05, 0) is 36.5 Å². The van der Waals surface area contributed by atoms with Crippen LogP contribution in [-0.2, 0) is 17.6 Å². The average molecular weight is 346 g/mol. The number of carbonyl (C=O) groups excluding carboxylic acids is 2. The molecule has 0 fully saturated rings. The molecular formula is C19H22O6. The Kier molecular flexibility index (Phi) is 6.50.